The zero-order chi connectivity index (χ0) is 12.0. The molecule has 0 heterocycles. The molecular weight excluding hydrogens is 274 g/mol. The van der Waals surface area contributed by atoms with E-state index in [9.17, 15) is 4.79 Å². The maximum absolute atomic E-state index is 11.1. The van der Waals surface area contributed by atoms with Gasteiger partial charge in [-0.2, -0.15) is 5.26 Å². The lowest BCUT2D eigenvalue weighted by Crippen LogP contribution is -2.11. The second kappa shape index (κ2) is 6.13. The predicted molar refractivity (Wildman–Crippen MR) is 60.6 cm³/mol. The normalized spacial score (nSPS) is 11.3. The fourth-order valence-corrected chi connectivity index (χ4v) is 1.50. The maximum atomic E-state index is 11.1. The van der Waals surface area contributed by atoms with Gasteiger partial charge in [-0.1, -0.05) is 28.1 Å². The lowest BCUT2D eigenvalue weighted by Gasteiger charge is -2.10. The van der Waals surface area contributed by atoms with E-state index in [1.165, 1.54) is 0 Å². The van der Waals surface area contributed by atoms with Crippen molar-refractivity contribution in [1.29, 1.82) is 5.26 Å². The average Bonchev–Trinajstić information content (AvgIpc) is 2.26. The van der Waals surface area contributed by atoms with Crippen molar-refractivity contribution in [3.63, 3.8) is 0 Å². The summed E-state index contributed by atoms with van der Waals surface area (Å²) >= 11 is 3.28. The van der Waals surface area contributed by atoms with E-state index in [2.05, 4.69) is 20.7 Å². The minimum absolute atomic E-state index is 0.218. The van der Waals surface area contributed by atoms with E-state index in [1.54, 1.807) is 25.1 Å². The highest BCUT2D eigenvalue weighted by Crippen LogP contribution is 2.21. The van der Waals surface area contributed by atoms with Gasteiger partial charge in [0.05, 0.1) is 6.61 Å². The summed E-state index contributed by atoms with van der Waals surface area (Å²) in [5.74, 6) is 0. The van der Waals surface area contributed by atoms with Crippen LogP contribution in [0.5, 0.6) is 0 Å². The van der Waals surface area contributed by atoms with Crippen molar-refractivity contribution in [2.75, 3.05) is 6.61 Å². The number of benzene rings is 1. The minimum atomic E-state index is -0.948. The van der Waals surface area contributed by atoms with Crippen LogP contribution >= 0.6 is 15.9 Å². The number of nitriles is 1. The van der Waals surface area contributed by atoms with E-state index in [1.807, 2.05) is 12.1 Å². The molecule has 0 aliphatic carbocycles. The molecule has 16 heavy (non-hydrogen) atoms. The highest BCUT2D eigenvalue weighted by Gasteiger charge is 2.16. The fourth-order valence-electron chi connectivity index (χ4n) is 1.09. The second-order valence-electron chi connectivity index (χ2n) is 2.87. The summed E-state index contributed by atoms with van der Waals surface area (Å²) in [6.07, 6.45) is -1.79. The van der Waals surface area contributed by atoms with Crippen molar-refractivity contribution in [1.82, 2.24) is 0 Å². The number of carbonyl (C=O) groups excluding carboxylic acids is 1. The summed E-state index contributed by atoms with van der Waals surface area (Å²) in [5, 5.41) is 8.89. The summed E-state index contributed by atoms with van der Waals surface area (Å²) < 4.78 is 10.3. The topological polar surface area (TPSA) is 59.3 Å². The Labute approximate surface area is 102 Å². The first-order valence-electron chi connectivity index (χ1n) is 4.66. The van der Waals surface area contributed by atoms with Crippen LogP contribution < -0.4 is 0 Å². The van der Waals surface area contributed by atoms with Crippen LogP contribution in [0.2, 0.25) is 0 Å². The number of hydrogen-bond donors (Lipinski definition) is 0. The van der Waals surface area contributed by atoms with Crippen LogP contribution in [0.1, 0.15) is 18.6 Å². The second-order valence-corrected chi connectivity index (χ2v) is 3.78. The van der Waals surface area contributed by atoms with Gasteiger partial charge < -0.3 is 9.47 Å². The van der Waals surface area contributed by atoms with Crippen LogP contribution in [0.25, 0.3) is 0 Å². The van der Waals surface area contributed by atoms with Crippen LogP contribution in [0.4, 0.5) is 4.79 Å². The molecule has 0 bridgehead atoms. The summed E-state index contributed by atoms with van der Waals surface area (Å²) in [4.78, 5) is 11.1. The molecule has 1 rings (SSSR count). The molecular formula is C11H10BrNO3. The zero-order valence-corrected chi connectivity index (χ0v) is 10.2. The highest BCUT2D eigenvalue weighted by molar-refractivity contribution is 9.10. The number of rotatable bonds is 3. The first-order valence-corrected chi connectivity index (χ1v) is 5.45. The first kappa shape index (κ1) is 12.5. The van der Waals surface area contributed by atoms with Crippen molar-refractivity contribution in [3.8, 4) is 6.07 Å². The van der Waals surface area contributed by atoms with Crippen LogP contribution in [0.15, 0.2) is 28.7 Å². The number of nitrogens with zero attached hydrogens (tertiary/aromatic N) is 1. The van der Waals surface area contributed by atoms with E-state index in [0.717, 1.165) is 4.47 Å². The Bertz CT molecular complexity index is 414. The van der Waals surface area contributed by atoms with Crippen molar-refractivity contribution in [2.45, 2.75) is 13.0 Å². The smallest absolute Gasteiger partial charge is 0.435 e. The lowest BCUT2D eigenvalue weighted by atomic mass is 10.1. The number of ether oxygens (including phenoxy) is 2. The minimum Gasteiger partial charge on any atom is -0.435 e. The molecule has 0 amide bonds. The van der Waals surface area contributed by atoms with Gasteiger partial charge in [-0.05, 0) is 19.1 Å². The van der Waals surface area contributed by atoms with Gasteiger partial charge in [0.25, 0.3) is 0 Å². The van der Waals surface area contributed by atoms with Crippen LogP contribution in [0, 0.1) is 11.3 Å². The maximum Gasteiger partial charge on any atom is 0.509 e. The van der Waals surface area contributed by atoms with Gasteiger partial charge in [0.2, 0.25) is 6.10 Å². The van der Waals surface area contributed by atoms with Gasteiger partial charge >= 0.3 is 6.16 Å². The third-order valence-electron chi connectivity index (χ3n) is 1.74. The Balaban J connectivity index is 2.76. The lowest BCUT2D eigenvalue weighted by molar-refractivity contribution is 0.0421. The number of halogens is 1. The van der Waals surface area contributed by atoms with Crippen molar-refractivity contribution in [2.24, 2.45) is 0 Å². The first-order chi connectivity index (χ1) is 7.67. The van der Waals surface area contributed by atoms with Crippen molar-refractivity contribution in [3.05, 3.63) is 34.3 Å². The molecule has 0 radical (unpaired) electrons. The third-order valence-corrected chi connectivity index (χ3v) is 2.24. The van der Waals surface area contributed by atoms with Crippen molar-refractivity contribution >= 4 is 22.1 Å². The number of hydrogen-bond acceptors (Lipinski definition) is 4. The van der Waals surface area contributed by atoms with Gasteiger partial charge in [0.15, 0.2) is 0 Å². The molecule has 0 aliphatic rings. The summed E-state index contributed by atoms with van der Waals surface area (Å²) in [5.41, 5.74) is 0.602. The number of carbonyl (C=O) groups is 1. The van der Waals surface area contributed by atoms with Crippen LogP contribution in [-0.2, 0) is 9.47 Å². The molecule has 5 heteroatoms. The van der Waals surface area contributed by atoms with Crippen LogP contribution in [0.3, 0.4) is 0 Å². The average molecular weight is 284 g/mol. The Morgan fingerprint density at radius 1 is 1.62 bits per heavy atom. The van der Waals surface area contributed by atoms with Crippen LogP contribution in [-0.4, -0.2) is 12.8 Å². The molecule has 0 spiro atoms. The largest absolute Gasteiger partial charge is 0.509 e. The Kier molecular flexibility index (Phi) is 4.80. The Morgan fingerprint density at radius 3 is 2.94 bits per heavy atom. The predicted octanol–water partition coefficient (Wildman–Crippen LogP) is 3.19. The van der Waals surface area contributed by atoms with Gasteiger partial charge in [-0.3, -0.25) is 0 Å². The molecule has 1 atom stereocenters. The third kappa shape index (κ3) is 3.55. The summed E-state index contributed by atoms with van der Waals surface area (Å²) in [6.45, 7) is 1.89. The molecule has 1 unspecified atom stereocenters. The van der Waals surface area contributed by atoms with E-state index < -0.39 is 12.3 Å². The molecule has 0 aliphatic heterocycles. The fraction of sp³-hybridized carbons (Fsp3) is 0.273. The standard InChI is InChI=1S/C11H10BrNO3/c1-2-15-11(14)16-10(7-13)8-4-3-5-9(12)6-8/h3-6,10H,2H2,1H3. The molecule has 0 saturated heterocycles. The Hall–Kier alpha value is -1.54. The summed E-state index contributed by atoms with van der Waals surface area (Å²) in [7, 11) is 0. The molecule has 0 saturated carbocycles. The van der Waals surface area contributed by atoms with E-state index in [4.69, 9.17) is 10.00 Å². The van der Waals surface area contributed by atoms with E-state index >= 15 is 0 Å². The molecule has 0 fully saturated rings. The SMILES string of the molecule is CCOC(=O)OC(C#N)c1cccc(Br)c1. The van der Waals surface area contributed by atoms with Gasteiger partial charge in [-0.25, -0.2) is 4.79 Å². The zero-order valence-electron chi connectivity index (χ0n) is 8.64. The monoisotopic (exact) mass is 283 g/mol. The van der Waals surface area contributed by atoms with E-state index in [-0.39, 0.29) is 6.61 Å². The van der Waals surface area contributed by atoms with Crippen molar-refractivity contribution < 1.29 is 14.3 Å². The van der Waals surface area contributed by atoms with Gasteiger partial charge in [0.1, 0.15) is 6.07 Å². The highest BCUT2D eigenvalue weighted by atomic mass is 79.9. The quantitative estimate of drug-likeness (QED) is 0.800. The molecule has 1 aromatic carbocycles. The Morgan fingerprint density at radius 2 is 2.38 bits per heavy atom. The van der Waals surface area contributed by atoms with E-state index in [0.29, 0.717) is 5.56 Å². The molecule has 84 valence electrons. The van der Waals surface area contributed by atoms with Gasteiger partial charge in [-0.15, -0.1) is 0 Å². The van der Waals surface area contributed by atoms with Gasteiger partial charge in [0, 0.05) is 10.0 Å². The summed E-state index contributed by atoms with van der Waals surface area (Å²) in [6, 6.07) is 8.90. The molecule has 0 N–H and O–H groups in total. The molecule has 4 nitrogen and oxygen atoms in total. The molecule has 1 aromatic rings. The molecule has 0 aromatic heterocycles.